The molecule has 1 N–H and O–H groups in total. The van der Waals surface area contributed by atoms with Crippen molar-refractivity contribution in [3.63, 3.8) is 0 Å². The van der Waals surface area contributed by atoms with E-state index < -0.39 is 10.0 Å². The molecule has 0 bridgehead atoms. The van der Waals surface area contributed by atoms with Crippen molar-refractivity contribution in [2.45, 2.75) is 31.1 Å². The van der Waals surface area contributed by atoms with Gasteiger partial charge >= 0.3 is 0 Å². The van der Waals surface area contributed by atoms with Gasteiger partial charge in [0.05, 0.1) is 16.0 Å². The number of aromatic nitrogens is 2. The summed E-state index contributed by atoms with van der Waals surface area (Å²) in [6.07, 6.45) is 2.67. The molecular weight excluding hydrogens is 446 g/mol. The van der Waals surface area contributed by atoms with Crippen molar-refractivity contribution in [1.29, 1.82) is 0 Å². The molecule has 1 aliphatic heterocycles. The Morgan fingerprint density at radius 2 is 1.62 bits per heavy atom. The van der Waals surface area contributed by atoms with Gasteiger partial charge in [-0.3, -0.25) is 4.79 Å². The van der Waals surface area contributed by atoms with Crippen LogP contribution in [0.3, 0.4) is 0 Å². The van der Waals surface area contributed by atoms with E-state index in [4.69, 9.17) is 0 Å². The second-order valence-electron chi connectivity index (χ2n) is 8.96. The lowest BCUT2D eigenvalue weighted by Gasteiger charge is -2.31. The molecule has 1 fully saturated rings. The number of hydrogen-bond acceptors (Lipinski definition) is 4. The van der Waals surface area contributed by atoms with Crippen molar-refractivity contribution in [3.8, 4) is 11.3 Å². The molecule has 1 saturated heterocycles. The molecule has 0 atom stereocenters. The molecule has 3 aromatic carbocycles. The standard InChI is InChI=1S/C27H27N3O3S/c1-19-11-12-22(26-23-9-5-6-10-24(23)27(31)29-28-26)18-25(19)34(32,33)30-15-13-21(14-16-30)17-20-7-3-2-4-8-20/h2-12,18,21H,13-17H2,1H3,(H,29,31). The van der Waals surface area contributed by atoms with Crippen LogP contribution in [0, 0.1) is 12.8 Å². The summed E-state index contributed by atoms with van der Waals surface area (Å²) in [4.78, 5) is 12.5. The van der Waals surface area contributed by atoms with Crippen molar-refractivity contribution < 1.29 is 8.42 Å². The first-order valence-corrected chi connectivity index (χ1v) is 13.0. The van der Waals surface area contributed by atoms with Crippen molar-refractivity contribution >= 4 is 20.8 Å². The number of H-pyrrole nitrogens is 1. The number of sulfonamides is 1. The summed E-state index contributed by atoms with van der Waals surface area (Å²) in [5.74, 6) is 0.484. The molecule has 0 amide bonds. The van der Waals surface area contributed by atoms with Gasteiger partial charge < -0.3 is 0 Å². The fraction of sp³-hybridized carbons (Fsp3) is 0.259. The number of benzene rings is 3. The number of aromatic amines is 1. The highest BCUT2D eigenvalue weighted by Gasteiger charge is 2.31. The third-order valence-electron chi connectivity index (χ3n) is 6.72. The normalized spacial score (nSPS) is 15.6. The minimum absolute atomic E-state index is 0.266. The SMILES string of the molecule is Cc1ccc(-c2n[nH]c(=O)c3ccccc23)cc1S(=O)(=O)N1CCC(Cc2ccccc2)CC1. The Balaban J connectivity index is 1.42. The highest BCUT2D eigenvalue weighted by Crippen LogP contribution is 2.31. The predicted octanol–water partition coefficient (Wildman–Crippen LogP) is 4.54. The maximum Gasteiger partial charge on any atom is 0.272 e. The molecule has 174 valence electrons. The second kappa shape index (κ2) is 9.16. The van der Waals surface area contributed by atoms with Crippen molar-refractivity contribution in [2.75, 3.05) is 13.1 Å². The summed E-state index contributed by atoms with van der Waals surface area (Å²) in [6.45, 7) is 2.85. The lowest BCUT2D eigenvalue weighted by atomic mass is 9.91. The van der Waals surface area contributed by atoms with E-state index in [9.17, 15) is 13.2 Å². The quantitative estimate of drug-likeness (QED) is 0.461. The van der Waals surface area contributed by atoms with Gasteiger partial charge in [0.2, 0.25) is 10.0 Å². The summed E-state index contributed by atoms with van der Waals surface area (Å²) in [7, 11) is -3.65. The molecule has 1 aromatic heterocycles. The number of piperidine rings is 1. The Labute approximate surface area is 199 Å². The Hall–Kier alpha value is -3.29. The van der Waals surface area contributed by atoms with E-state index in [1.165, 1.54) is 5.56 Å². The Bertz CT molecular complexity index is 1490. The van der Waals surface area contributed by atoms with Crippen LogP contribution in [-0.2, 0) is 16.4 Å². The van der Waals surface area contributed by atoms with Gasteiger partial charge in [0.1, 0.15) is 0 Å². The zero-order chi connectivity index (χ0) is 23.7. The number of nitrogens with zero attached hydrogens (tertiary/aromatic N) is 2. The van der Waals surface area contributed by atoms with E-state index in [-0.39, 0.29) is 5.56 Å². The number of rotatable bonds is 5. The molecule has 1 aliphatic rings. The third kappa shape index (κ3) is 4.29. The van der Waals surface area contributed by atoms with Gasteiger partial charge in [-0.1, -0.05) is 60.7 Å². The van der Waals surface area contributed by atoms with Crippen LogP contribution in [0.1, 0.15) is 24.0 Å². The van der Waals surface area contributed by atoms with Gasteiger partial charge in [-0.15, -0.1) is 0 Å². The van der Waals surface area contributed by atoms with Crippen molar-refractivity contribution in [2.24, 2.45) is 5.92 Å². The molecule has 0 aliphatic carbocycles. The second-order valence-corrected chi connectivity index (χ2v) is 10.9. The van der Waals surface area contributed by atoms with Crippen LogP contribution in [0.2, 0.25) is 0 Å². The van der Waals surface area contributed by atoms with E-state index in [1.807, 2.05) is 49.4 Å². The van der Waals surface area contributed by atoms with E-state index in [0.717, 1.165) is 19.3 Å². The van der Waals surface area contributed by atoms with Crippen LogP contribution in [0.5, 0.6) is 0 Å². The van der Waals surface area contributed by atoms with Crippen LogP contribution in [0.25, 0.3) is 22.0 Å². The number of aryl methyl sites for hydroxylation is 1. The summed E-state index contributed by atoms with van der Waals surface area (Å²) in [5, 5.41) is 8.00. The average molecular weight is 474 g/mol. The fourth-order valence-electron chi connectivity index (χ4n) is 4.80. The van der Waals surface area contributed by atoms with E-state index in [2.05, 4.69) is 22.3 Å². The smallest absolute Gasteiger partial charge is 0.267 e. The largest absolute Gasteiger partial charge is 0.272 e. The minimum atomic E-state index is -3.65. The molecule has 7 heteroatoms. The zero-order valence-corrected chi connectivity index (χ0v) is 19.9. The van der Waals surface area contributed by atoms with Crippen LogP contribution in [0.15, 0.2) is 82.5 Å². The van der Waals surface area contributed by atoms with E-state index >= 15 is 0 Å². The van der Waals surface area contributed by atoms with Gasteiger partial charge in [0, 0.05) is 24.0 Å². The molecule has 4 aromatic rings. The van der Waals surface area contributed by atoms with Crippen molar-refractivity contribution in [3.05, 3.63) is 94.3 Å². The highest BCUT2D eigenvalue weighted by atomic mass is 32.2. The van der Waals surface area contributed by atoms with Gasteiger partial charge in [-0.05, 0) is 55.4 Å². The Morgan fingerprint density at radius 3 is 2.35 bits per heavy atom. The fourth-order valence-corrected chi connectivity index (χ4v) is 6.52. The highest BCUT2D eigenvalue weighted by molar-refractivity contribution is 7.89. The molecule has 0 saturated carbocycles. The molecule has 0 unspecified atom stereocenters. The number of fused-ring (bicyclic) bond motifs is 1. The lowest BCUT2D eigenvalue weighted by molar-refractivity contribution is 0.273. The molecule has 6 nitrogen and oxygen atoms in total. The zero-order valence-electron chi connectivity index (χ0n) is 19.1. The molecule has 34 heavy (non-hydrogen) atoms. The first-order valence-electron chi connectivity index (χ1n) is 11.6. The van der Waals surface area contributed by atoms with Crippen molar-refractivity contribution in [1.82, 2.24) is 14.5 Å². The van der Waals surface area contributed by atoms with E-state index in [0.29, 0.717) is 51.5 Å². The monoisotopic (exact) mass is 473 g/mol. The summed E-state index contributed by atoms with van der Waals surface area (Å²) >= 11 is 0. The average Bonchev–Trinajstić information content (AvgIpc) is 2.86. The van der Waals surface area contributed by atoms with Gasteiger partial charge in [0.25, 0.3) is 5.56 Å². The number of hydrogen-bond donors (Lipinski definition) is 1. The van der Waals surface area contributed by atoms with Gasteiger partial charge in [-0.2, -0.15) is 9.40 Å². The maximum atomic E-state index is 13.6. The molecule has 0 radical (unpaired) electrons. The lowest BCUT2D eigenvalue weighted by Crippen LogP contribution is -2.39. The third-order valence-corrected chi connectivity index (χ3v) is 8.76. The summed E-state index contributed by atoms with van der Waals surface area (Å²) < 4.78 is 28.9. The molecule has 5 rings (SSSR count). The topological polar surface area (TPSA) is 83.1 Å². The maximum absolute atomic E-state index is 13.6. The van der Waals surface area contributed by atoms with E-state index in [1.54, 1.807) is 22.5 Å². The Kier molecular flexibility index (Phi) is 6.06. The van der Waals surface area contributed by atoms with Crippen LogP contribution in [0.4, 0.5) is 0 Å². The first-order chi connectivity index (χ1) is 16.4. The number of nitrogens with one attached hydrogen (secondary N) is 1. The van der Waals surface area contributed by atoms with Crippen LogP contribution < -0.4 is 5.56 Å². The molecular formula is C27H27N3O3S. The molecule has 0 spiro atoms. The minimum Gasteiger partial charge on any atom is -0.267 e. The van der Waals surface area contributed by atoms with Crippen LogP contribution >= 0.6 is 0 Å². The van der Waals surface area contributed by atoms with Gasteiger partial charge in [0.15, 0.2) is 0 Å². The summed E-state index contributed by atoms with van der Waals surface area (Å²) in [6, 6.07) is 22.9. The Morgan fingerprint density at radius 1 is 0.941 bits per heavy atom. The summed E-state index contributed by atoms with van der Waals surface area (Å²) in [5.41, 5.74) is 2.96. The van der Waals surface area contributed by atoms with Gasteiger partial charge in [-0.25, -0.2) is 13.5 Å². The molecule has 2 heterocycles. The van der Waals surface area contributed by atoms with Crippen LogP contribution in [-0.4, -0.2) is 36.0 Å². The predicted molar refractivity (Wildman–Crippen MR) is 134 cm³/mol. The first kappa shape index (κ1) is 22.5.